The average Bonchev–Trinajstić information content (AvgIpc) is 3.20. The first-order valence-electron chi connectivity index (χ1n) is 14.3. The van der Waals surface area contributed by atoms with E-state index in [1.165, 1.54) is 83.0 Å². The molecule has 0 unspecified atom stereocenters. The molecule has 0 atom stereocenters. The molecule has 1 spiro atoms. The maximum atomic E-state index is 7.07. The fourth-order valence-electron chi connectivity index (χ4n) is 9.93. The Bertz CT molecular complexity index is 1530. The molecule has 4 fully saturated rings. The third-order valence-corrected chi connectivity index (χ3v) is 10.7. The summed E-state index contributed by atoms with van der Waals surface area (Å²) in [5.41, 5.74) is 11.0. The van der Waals surface area contributed by atoms with Crippen molar-refractivity contribution in [2.24, 2.45) is 17.8 Å². The molecule has 1 aliphatic heterocycles. The Morgan fingerprint density at radius 3 is 1.73 bits per heavy atom. The van der Waals surface area contributed by atoms with Crippen LogP contribution in [0.15, 0.2) is 84.9 Å². The van der Waals surface area contributed by atoms with E-state index in [4.69, 9.17) is 4.74 Å². The van der Waals surface area contributed by atoms with Crippen LogP contribution in [0.4, 0.5) is 0 Å². The van der Waals surface area contributed by atoms with Crippen LogP contribution in [0.3, 0.4) is 0 Å². The Labute approximate surface area is 219 Å². The lowest BCUT2D eigenvalue weighted by molar-refractivity contribution is -0.00613. The lowest BCUT2D eigenvalue weighted by Crippen LogP contribution is -2.49. The fourth-order valence-corrected chi connectivity index (χ4v) is 9.93. The standard InChI is InChI=1S/C36H32O/c1-22-14-31(35-19-23-16-24(20-35)18-25(17-23)21-35)34-32(15-22)36(30-12-6-7-13-33(30)37-34)28-10-4-2-8-26(28)27-9-3-5-11-29(27)36/h2-15,23-25H,16-21H2,1H3. The summed E-state index contributed by atoms with van der Waals surface area (Å²) in [4.78, 5) is 0. The SMILES string of the molecule is Cc1cc(C23CC4CC(CC(C4)C2)C3)c2c(c1)C1(c3ccccc3O2)c2ccccc2-c2ccccc21. The molecule has 0 amide bonds. The number of benzene rings is 4. The van der Waals surface area contributed by atoms with Crippen molar-refractivity contribution < 1.29 is 4.74 Å². The maximum absolute atomic E-state index is 7.07. The van der Waals surface area contributed by atoms with E-state index in [0.29, 0.717) is 0 Å². The number of rotatable bonds is 1. The van der Waals surface area contributed by atoms with Gasteiger partial charge >= 0.3 is 0 Å². The topological polar surface area (TPSA) is 9.23 Å². The van der Waals surface area contributed by atoms with Gasteiger partial charge in [-0.15, -0.1) is 0 Å². The first-order chi connectivity index (χ1) is 18.2. The monoisotopic (exact) mass is 480 g/mol. The molecule has 4 bridgehead atoms. The van der Waals surface area contributed by atoms with Crippen LogP contribution in [0, 0.1) is 24.7 Å². The zero-order valence-corrected chi connectivity index (χ0v) is 21.5. The van der Waals surface area contributed by atoms with Crippen LogP contribution in [0.1, 0.15) is 71.9 Å². The van der Waals surface area contributed by atoms with Gasteiger partial charge in [-0.05, 0) is 96.9 Å². The van der Waals surface area contributed by atoms with Gasteiger partial charge in [0.05, 0.1) is 5.41 Å². The van der Waals surface area contributed by atoms with Crippen LogP contribution in [0.2, 0.25) is 0 Å². The van der Waals surface area contributed by atoms with Crippen LogP contribution in [0.25, 0.3) is 11.1 Å². The highest BCUT2D eigenvalue weighted by Crippen LogP contribution is 2.67. The minimum absolute atomic E-state index is 0.274. The minimum Gasteiger partial charge on any atom is -0.456 e. The van der Waals surface area contributed by atoms with Crippen molar-refractivity contribution in [1.29, 1.82) is 0 Å². The fraction of sp³-hybridized carbons (Fsp3) is 0.333. The van der Waals surface area contributed by atoms with Crippen molar-refractivity contribution in [2.45, 2.75) is 56.3 Å². The highest BCUT2D eigenvalue weighted by Gasteiger charge is 2.56. The van der Waals surface area contributed by atoms with E-state index in [2.05, 4.69) is 91.9 Å². The molecular weight excluding hydrogens is 448 g/mol. The van der Waals surface area contributed by atoms with Crippen LogP contribution in [-0.4, -0.2) is 0 Å². The molecule has 6 aliphatic rings. The zero-order valence-electron chi connectivity index (χ0n) is 21.5. The van der Waals surface area contributed by atoms with Crippen molar-refractivity contribution in [1.82, 2.24) is 0 Å². The predicted molar refractivity (Wildman–Crippen MR) is 148 cm³/mol. The van der Waals surface area contributed by atoms with E-state index in [1.807, 2.05) is 0 Å². The van der Waals surface area contributed by atoms with Crippen LogP contribution in [0.5, 0.6) is 11.5 Å². The van der Waals surface area contributed by atoms with Gasteiger partial charge < -0.3 is 4.74 Å². The quantitative estimate of drug-likeness (QED) is 0.228. The minimum atomic E-state index is -0.347. The molecule has 4 saturated carbocycles. The van der Waals surface area contributed by atoms with E-state index < -0.39 is 0 Å². The van der Waals surface area contributed by atoms with Gasteiger partial charge in [-0.25, -0.2) is 0 Å². The summed E-state index contributed by atoms with van der Waals surface area (Å²) >= 11 is 0. The first kappa shape index (κ1) is 20.7. The van der Waals surface area contributed by atoms with Gasteiger partial charge in [0.25, 0.3) is 0 Å². The number of para-hydroxylation sites is 1. The predicted octanol–water partition coefficient (Wildman–Crippen LogP) is 8.93. The summed E-state index contributed by atoms with van der Waals surface area (Å²) in [6.45, 7) is 2.31. The molecule has 5 aliphatic carbocycles. The molecule has 0 N–H and O–H groups in total. The first-order valence-corrected chi connectivity index (χ1v) is 14.3. The van der Waals surface area contributed by atoms with E-state index in [1.54, 1.807) is 0 Å². The van der Waals surface area contributed by atoms with Crippen molar-refractivity contribution >= 4 is 0 Å². The molecular formula is C36H32O. The highest BCUT2D eigenvalue weighted by molar-refractivity contribution is 5.88. The number of fused-ring (bicyclic) bond motifs is 9. The Morgan fingerprint density at radius 2 is 1.11 bits per heavy atom. The van der Waals surface area contributed by atoms with E-state index in [9.17, 15) is 0 Å². The second-order valence-corrected chi connectivity index (χ2v) is 12.8. The van der Waals surface area contributed by atoms with Crippen LogP contribution in [-0.2, 0) is 10.8 Å². The second kappa shape index (κ2) is 6.95. The zero-order chi connectivity index (χ0) is 24.4. The molecule has 0 radical (unpaired) electrons. The third kappa shape index (κ3) is 2.51. The molecule has 1 nitrogen and oxygen atoms in total. The van der Waals surface area contributed by atoms with Crippen molar-refractivity contribution in [3.8, 4) is 22.6 Å². The van der Waals surface area contributed by atoms with Gasteiger partial charge in [0.2, 0.25) is 0 Å². The highest BCUT2D eigenvalue weighted by atomic mass is 16.5. The third-order valence-electron chi connectivity index (χ3n) is 10.7. The van der Waals surface area contributed by atoms with Crippen LogP contribution < -0.4 is 4.74 Å². The molecule has 10 rings (SSSR count). The molecule has 1 heterocycles. The summed E-state index contributed by atoms with van der Waals surface area (Å²) in [6.07, 6.45) is 8.42. The molecule has 0 aromatic heterocycles. The Morgan fingerprint density at radius 1 is 0.595 bits per heavy atom. The van der Waals surface area contributed by atoms with Crippen LogP contribution >= 0.6 is 0 Å². The van der Waals surface area contributed by atoms with Crippen molar-refractivity contribution in [3.05, 3.63) is 118 Å². The van der Waals surface area contributed by atoms with Crippen molar-refractivity contribution in [3.63, 3.8) is 0 Å². The van der Waals surface area contributed by atoms with Gasteiger partial charge in [-0.1, -0.05) is 84.4 Å². The molecule has 182 valence electrons. The normalized spacial score (nSPS) is 28.8. The number of ether oxygens (including phenoxy) is 1. The number of hydrogen-bond acceptors (Lipinski definition) is 1. The van der Waals surface area contributed by atoms with Gasteiger partial charge in [0, 0.05) is 16.7 Å². The van der Waals surface area contributed by atoms with Crippen molar-refractivity contribution in [2.75, 3.05) is 0 Å². The van der Waals surface area contributed by atoms with Gasteiger partial charge in [0.1, 0.15) is 11.5 Å². The summed E-state index contributed by atoms with van der Waals surface area (Å²) in [6, 6.07) is 32.0. The Balaban J connectivity index is 1.40. The summed E-state index contributed by atoms with van der Waals surface area (Å²) in [5, 5.41) is 0. The lowest BCUT2D eigenvalue weighted by atomic mass is 9.47. The lowest BCUT2D eigenvalue weighted by Gasteiger charge is -2.57. The molecule has 4 aromatic carbocycles. The van der Waals surface area contributed by atoms with Gasteiger partial charge in [-0.2, -0.15) is 0 Å². The number of aryl methyl sites for hydroxylation is 1. The average molecular weight is 481 g/mol. The summed E-state index contributed by atoms with van der Waals surface area (Å²) in [7, 11) is 0. The molecule has 37 heavy (non-hydrogen) atoms. The molecule has 0 saturated heterocycles. The largest absolute Gasteiger partial charge is 0.456 e. The summed E-state index contributed by atoms with van der Waals surface area (Å²) in [5.74, 6) is 4.90. The summed E-state index contributed by atoms with van der Waals surface area (Å²) < 4.78 is 7.07. The van der Waals surface area contributed by atoms with E-state index >= 15 is 0 Å². The maximum Gasteiger partial charge on any atom is 0.136 e. The van der Waals surface area contributed by atoms with E-state index in [-0.39, 0.29) is 10.8 Å². The molecule has 4 aromatic rings. The van der Waals surface area contributed by atoms with Gasteiger partial charge in [-0.3, -0.25) is 0 Å². The second-order valence-electron chi connectivity index (χ2n) is 12.8. The van der Waals surface area contributed by atoms with Gasteiger partial charge in [0.15, 0.2) is 0 Å². The number of hydrogen-bond donors (Lipinski definition) is 0. The smallest absolute Gasteiger partial charge is 0.136 e. The van der Waals surface area contributed by atoms with E-state index in [0.717, 1.165) is 29.3 Å². The Kier molecular flexibility index (Phi) is 3.89. The Hall–Kier alpha value is -3.32. The molecule has 1 heteroatoms.